The highest BCUT2D eigenvalue weighted by molar-refractivity contribution is 7.89. The van der Waals surface area contributed by atoms with Crippen LogP contribution in [0.1, 0.15) is 25.5 Å². The summed E-state index contributed by atoms with van der Waals surface area (Å²) >= 11 is 0. The highest BCUT2D eigenvalue weighted by Crippen LogP contribution is 2.16. The van der Waals surface area contributed by atoms with Crippen molar-refractivity contribution in [3.8, 4) is 0 Å². The highest BCUT2D eigenvalue weighted by atomic mass is 32.2. The van der Waals surface area contributed by atoms with Gasteiger partial charge in [0.2, 0.25) is 15.9 Å². The zero-order valence-electron chi connectivity index (χ0n) is 11.2. The zero-order valence-corrected chi connectivity index (χ0v) is 12.0. The molecule has 7 heteroatoms. The Morgan fingerprint density at radius 1 is 1.21 bits per heavy atom. The summed E-state index contributed by atoms with van der Waals surface area (Å²) in [5.74, 6) is -0.251. The molecule has 0 aliphatic heterocycles. The molecule has 6 nitrogen and oxygen atoms in total. The zero-order chi connectivity index (χ0) is 14.6. The molecule has 1 aromatic rings. The van der Waals surface area contributed by atoms with Crippen LogP contribution in [0.4, 0.5) is 0 Å². The molecule has 0 aliphatic rings. The van der Waals surface area contributed by atoms with Gasteiger partial charge in [-0.1, -0.05) is 12.1 Å². The van der Waals surface area contributed by atoms with E-state index in [4.69, 9.17) is 5.73 Å². The van der Waals surface area contributed by atoms with E-state index in [1.165, 1.54) is 19.2 Å². The molecule has 0 spiro atoms. The average Bonchev–Trinajstić information content (AvgIpc) is 2.38. The van der Waals surface area contributed by atoms with E-state index in [1.807, 2.05) is 6.92 Å². The second-order valence-electron chi connectivity index (χ2n) is 4.30. The standard InChI is InChI=1S/C12H19N3O3S/c1-8(13)12(16)15-9(2)10-4-6-11(7-5-10)19(17,18)14-3/h4-9,14H,13H2,1-3H3,(H,15,16)/t8-,9?/m0/s1. The Kier molecular flexibility index (Phi) is 5.04. The Morgan fingerprint density at radius 2 is 1.74 bits per heavy atom. The van der Waals surface area contributed by atoms with Gasteiger partial charge in [0.1, 0.15) is 0 Å². The summed E-state index contributed by atoms with van der Waals surface area (Å²) in [7, 11) is -2.08. The average molecular weight is 285 g/mol. The largest absolute Gasteiger partial charge is 0.348 e. The van der Waals surface area contributed by atoms with Crippen LogP contribution in [-0.4, -0.2) is 27.4 Å². The second-order valence-corrected chi connectivity index (χ2v) is 6.18. The Morgan fingerprint density at radius 3 is 2.16 bits per heavy atom. The lowest BCUT2D eigenvalue weighted by atomic mass is 10.1. The van der Waals surface area contributed by atoms with E-state index < -0.39 is 16.1 Å². The summed E-state index contributed by atoms with van der Waals surface area (Å²) in [6.45, 7) is 3.41. The van der Waals surface area contributed by atoms with Crippen molar-refractivity contribution in [1.29, 1.82) is 0 Å². The summed E-state index contributed by atoms with van der Waals surface area (Å²) in [4.78, 5) is 11.6. The lowest BCUT2D eigenvalue weighted by Gasteiger charge is -2.16. The predicted molar refractivity (Wildman–Crippen MR) is 72.9 cm³/mol. The first-order valence-corrected chi connectivity index (χ1v) is 7.35. The minimum atomic E-state index is -3.43. The van der Waals surface area contributed by atoms with E-state index >= 15 is 0 Å². The van der Waals surface area contributed by atoms with E-state index in [9.17, 15) is 13.2 Å². The van der Waals surface area contributed by atoms with Crippen molar-refractivity contribution in [3.05, 3.63) is 29.8 Å². The molecule has 1 rings (SSSR count). The fraction of sp³-hybridized carbons (Fsp3) is 0.417. The maximum atomic E-state index is 11.6. The molecule has 0 aliphatic carbocycles. The molecule has 0 heterocycles. The lowest BCUT2D eigenvalue weighted by molar-refractivity contribution is -0.122. The van der Waals surface area contributed by atoms with Crippen molar-refractivity contribution in [2.24, 2.45) is 5.73 Å². The van der Waals surface area contributed by atoms with E-state index in [2.05, 4.69) is 10.0 Å². The van der Waals surface area contributed by atoms with Gasteiger partial charge in [0.15, 0.2) is 0 Å². The van der Waals surface area contributed by atoms with Gasteiger partial charge in [0.25, 0.3) is 0 Å². The molecule has 0 aromatic heterocycles. The molecule has 0 fully saturated rings. The number of rotatable bonds is 5. The Hall–Kier alpha value is -1.44. The number of benzene rings is 1. The van der Waals surface area contributed by atoms with Gasteiger partial charge in [0.05, 0.1) is 17.0 Å². The van der Waals surface area contributed by atoms with Gasteiger partial charge in [-0.05, 0) is 38.6 Å². The van der Waals surface area contributed by atoms with Crippen LogP contribution >= 0.6 is 0 Å². The molecule has 4 N–H and O–H groups in total. The quantitative estimate of drug-likeness (QED) is 0.715. The Bertz CT molecular complexity index is 538. The molecule has 1 unspecified atom stereocenters. The maximum Gasteiger partial charge on any atom is 0.240 e. The van der Waals surface area contributed by atoms with Crippen LogP contribution in [0.3, 0.4) is 0 Å². The van der Waals surface area contributed by atoms with E-state index in [0.717, 1.165) is 5.56 Å². The number of hydrogen-bond acceptors (Lipinski definition) is 4. The number of amides is 1. The van der Waals surface area contributed by atoms with Crippen LogP contribution in [0, 0.1) is 0 Å². The second kappa shape index (κ2) is 6.14. The first-order valence-electron chi connectivity index (χ1n) is 5.87. The summed E-state index contributed by atoms with van der Waals surface area (Å²) in [5, 5.41) is 2.74. The molecule has 106 valence electrons. The summed E-state index contributed by atoms with van der Waals surface area (Å²) in [6.07, 6.45) is 0. The van der Waals surface area contributed by atoms with Crippen molar-refractivity contribution >= 4 is 15.9 Å². The van der Waals surface area contributed by atoms with E-state index in [0.29, 0.717) is 0 Å². The number of nitrogens with two attached hydrogens (primary N) is 1. The van der Waals surface area contributed by atoms with Gasteiger partial charge in [0, 0.05) is 0 Å². The van der Waals surface area contributed by atoms with Gasteiger partial charge < -0.3 is 11.1 Å². The van der Waals surface area contributed by atoms with Crippen molar-refractivity contribution in [1.82, 2.24) is 10.0 Å². The first-order chi connectivity index (χ1) is 8.77. The summed E-state index contributed by atoms with van der Waals surface area (Å²) in [6, 6.07) is 5.51. The lowest BCUT2D eigenvalue weighted by Crippen LogP contribution is -2.39. The van der Waals surface area contributed by atoms with Crippen LogP contribution < -0.4 is 15.8 Å². The molecule has 0 saturated heterocycles. The smallest absolute Gasteiger partial charge is 0.240 e. The Labute approximate surface area is 113 Å². The third-order valence-corrected chi connectivity index (χ3v) is 4.16. The SMILES string of the molecule is CNS(=O)(=O)c1ccc(C(C)NC(=O)[C@H](C)N)cc1. The number of sulfonamides is 1. The van der Waals surface area contributed by atoms with Gasteiger partial charge in [-0.15, -0.1) is 0 Å². The fourth-order valence-corrected chi connectivity index (χ4v) is 2.21. The van der Waals surface area contributed by atoms with Gasteiger partial charge in [-0.25, -0.2) is 13.1 Å². The maximum absolute atomic E-state index is 11.6. The van der Waals surface area contributed by atoms with Crippen molar-refractivity contribution in [2.75, 3.05) is 7.05 Å². The molecule has 0 saturated carbocycles. The van der Waals surface area contributed by atoms with Crippen LogP contribution in [0.25, 0.3) is 0 Å². The normalized spacial score (nSPS) is 14.7. The van der Waals surface area contributed by atoms with Gasteiger partial charge in [-0.2, -0.15) is 0 Å². The molecule has 0 radical (unpaired) electrons. The number of carbonyl (C=O) groups is 1. The minimum Gasteiger partial charge on any atom is -0.348 e. The predicted octanol–water partition coefficient (Wildman–Crippen LogP) is 0.119. The minimum absolute atomic E-state index is 0.185. The molecular formula is C12H19N3O3S. The van der Waals surface area contributed by atoms with Crippen LogP contribution in [-0.2, 0) is 14.8 Å². The molecule has 1 aromatic carbocycles. The third-order valence-electron chi connectivity index (χ3n) is 2.73. The number of hydrogen-bond donors (Lipinski definition) is 3. The van der Waals surface area contributed by atoms with Crippen molar-refractivity contribution in [2.45, 2.75) is 30.8 Å². The molecule has 19 heavy (non-hydrogen) atoms. The monoisotopic (exact) mass is 285 g/mol. The number of carbonyl (C=O) groups excluding carboxylic acids is 1. The number of nitrogens with one attached hydrogen (secondary N) is 2. The van der Waals surface area contributed by atoms with Crippen LogP contribution in [0.15, 0.2) is 29.2 Å². The summed E-state index contributed by atoms with van der Waals surface area (Å²) < 4.78 is 25.3. The van der Waals surface area contributed by atoms with E-state index in [-0.39, 0.29) is 16.8 Å². The van der Waals surface area contributed by atoms with E-state index in [1.54, 1.807) is 19.1 Å². The fourth-order valence-electron chi connectivity index (χ4n) is 1.48. The third kappa shape index (κ3) is 4.02. The molecular weight excluding hydrogens is 266 g/mol. The summed E-state index contributed by atoms with van der Waals surface area (Å²) in [5.41, 5.74) is 6.27. The topological polar surface area (TPSA) is 101 Å². The van der Waals surface area contributed by atoms with Gasteiger partial charge >= 0.3 is 0 Å². The van der Waals surface area contributed by atoms with Crippen molar-refractivity contribution < 1.29 is 13.2 Å². The Balaban J connectivity index is 2.85. The molecule has 1 amide bonds. The first kappa shape index (κ1) is 15.6. The van der Waals surface area contributed by atoms with Crippen molar-refractivity contribution in [3.63, 3.8) is 0 Å². The van der Waals surface area contributed by atoms with Gasteiger partial charge in [-0.3, -0.25) is 4.79 Å². The highest BCUT2D eigenvalue weighted by Gasteiger charge is 2.14. The van der Waals surface area contributed by atoms with Crippen LogP contribution in [0.2, 0.25) is 0 Å². The molecule has 0 bridgehead atoms. The van der Waals surface area contributed by atoms with Crippen LogP contribution in [0.5, 0.6) is 0 Å². The molecule has 2 atom stereocenters.